The molecule has 0 amide bonds. The number of benzene rings is 1. The van der Waals surface area contributed by atoms with Gasteiger partial charge in [-0.15, -0.1) is 11.3 Å². The Morgan fingerprint density at radius 2 is 2.06 bits per heavy atom. The highest BCUT2D eigenvalue weighted by Gasteiger charge is 2.08. The van der Waals surface area contributed by atoms with Crippen molar-refractivity contribution < 1.29 is 4.39 Å². The molecule has 3 heteroatoms. The maximum absolute atomic E-state index is 13.8. The van der Waals surface area contributed by atoms with Gasteiger partial charge in [-0.2, -0.15) is 0 Å². The molecule has 1 aromatic heterocycles. The van der Waals surface area contributed by atoms with Crippen LogP contribution in [0.25, 0.3) is 10.4 Å². The third kappa shape index (κ3) is 2.93. The Labute approximate surface area is 105 Å². The van der Waals surface area contributed by atoms with Crippen LogP contribution >= 0.6 is 11.3 Å². The van der Waals surface area contributed by atoms with Crippen LogP contribution < -0.4 is 5.32 Å². The van der Waals surface area contributed by atoms with E-state index in [0.29, 0.717) is 5.56 Å². The summed E-state index contributed by atoms with van der Waals surface area (Å²) in [6.45, 7) is 5.81. The highest BCUT2D eigenvalue weighted by atomic mass is 32.1. The first kappa shape index (κ1) is 12.3. The Balaban J connectivity index is 2.32. The van der Waals surface area contributed by atoms with Gasteiger partial charge in [-0.05, 0) is 43.3 Å². The Morgan fingerprint density at radius 1 is 1.24 bits per heavy atom. The molecule has 0 atom stereocenters. The summed E-state index contributed by atoms with van der Waals surface area (Å²) in [5.41, 5.74) is 1.83. The summed E-state index contributed by atoms with van der Waals surface area (Å²) < 4.78 is 13.8. The van der Waals surface area contributed by atoms with Gasteiger partial charge in [0.25, 0.3) is 0 Å². The van der Waals surface area contributed by atoms with E-state index < -0.39 is 0 Å². The third-order valence-electron chi connectivity index (χ3n) is 2.62. The van der Waals surface area contributed by atoms with E-state index in [1.165, 1.54) is 4.88 Å². The zero-order valence-corrected chi connectivity index (χ0v) is 10.9. The van der Waals surface area contributed by atoms with Crippen molar-refractivity contribution in [1.29, 1.82) is 0 Å². The summed E-state index contributed by atoms with van der Waals surface area (Å²) in [4.78, 5) is 2.20. The van der Waals surface area contributed by atoms with E-state index in [9.17, 15) is 4.39 Å². The molecule has 0 aliphatic rings. The van der Waals surface area contributed by atoms with Gasteiger partial charge in [0.05, 0.1) is 0 Å². The monoisotopic (exact) mass is 249 g/mol. The normalized spacial score (nSPS) is 10.8. The highest BCUT2D eigenvalue weighted by Crippen LogP contribution is 2.30. The maximum Gasteiger partial charge on any atom is 0.131 e. The lowest BCUT2D eigenvalue weighted by atomic mass is 10.1. The van der Waals surface area contributed by atoms with E-state index in [1.807, 2.05) is 31.2 Å². The van der Waals surface area contributed by atoms with E-state index in [4.69, 9.17) is 0 Å². The summed E-state index contributed by atoms with van der Waals surface area (Å²) in [6, 6.07) is 9.33. The molecule has 0 fully saturated rings. The Morgan fingerprint density at radius 3 is 2.71 bits per heavy atom. The number of halogens is 1. The van der Waals surface area contributed by atoms with Gasteiger partial charge in [0.1, 0.15) is 5.82 Å². The molecule has 1 heterocycles. The van der Waals surface area contributed by atoms with E-state index in [0.717, 1.165) is 23.5 Å². The van der Waals surface area contributed by atoms with E-state index in [1.54, 1.807) is 17.4 Å². The predicted molar refractivity (Wildman–Crippen MR) is 71.8 cm³/mol. The lowest BCUT2D eigenvalue weighted by Gasteiger charge is -2.06. The van der Waals surface area contributed by atoms with Crippen molar-refractivity contribution in [3.63, 3.8) is 0 Å². The van der Waals surface area contributed by atoms with E-state index >= 15 is 0 Å². The molecule has 2 aromatic rings. The Hall–Kier alpha value is -1.19. The second kappa shape index (κ2) is 5.43. The van der Waals surface area contributed by atoms with Crippen LogP contribution in [0.3, 0.4) is 0 Å². The molecule has 2 rings (SSSR count). The van der Waals surface area contributed by atoms with Crippen LogP contribution in [-0.4, -0.2) is 6.54 Å². The molecule has 0 bridgehead atoms. The molecule has 0 saturated heterocycles. The Kier molecular flexibility index (Phi) is 3.92. The number of hydrogen-bond acceptors (Lipinski definition) is 2. The zero-order chi connectivity index (χ0) is 12.3. The molecule has 1 aromatic carbocycles. The molecule has 90 valence electrons. The minimum atomic E-state index is -0.146. The van der Waals surface area contributed by atoms with Crippen LogP contribution in [0.1, 0.15) is 17.4 Å². The standard InChI is InChI=1S/C14H16FNS/c1-3-16-9-11-5-6-13(15)12(8-11)14-7-4-10(2)17-14/h4-8,16H,3,9H2,1-2H3. The van der Waals surface area contributed by atoms with Gasteiger partial charge < -0.3 is 5.32 Å². The molecular formula is C14H16FNS. The van der Waals surface area contributed by atoms with Crippen molar-refractivity contribution in [2.24, 2.45) is 0 Å². The number of hydrogen-bond donors (Lipinski definition) is 1. The van der Waals surface area contributed by atoms with E-state index in [2.05, 4.69) is 12.2 Å². The molecule has 0 aliphatic heterocycles. The smallest absolute Gasteiger partial charge is 0.131 e. The van der Waals surface area contributed by atoms with Crippen molar-refractivity contribution in [2.75, 3.05) is 6.54 Å². The van der Waals surface area contributed by atoms with Gasteiger partial charge in [0, 0.05) is 21.9 Å². The average molecular weight is 249 g/mol. The predicted octanol–water partition coefficient (Wildman–Crippen LogP) is 3.97. The summed E-state index contributed by atoms with van der Waals surface area (Å²) in [7, 11) is 0. The summed E-state index contributed by atoms with van der Waals surface area (Å²) in [6.07, 6.45) is 0. The van der Waals surface area contributed by atoms with Gasteiger partial charge in [-0.3, -0.25) is 0 Å². The molecule has 1 N–H and O–H groups in total. The summed E-state index contributed by atoms with van der Waals surface area (Å²) >= 11 is 1.63. The average Bonchev–Trinajstić information content (AvgIpc) is 2.75. The molecule has 0 spiro atoms. The second-order valence-electron chi connectivity index (χ2n) is 4.00. The van der Waals surface area contributed by atoms with Crippen molar-refractivity contribution in [3.05, 3.63) is 46.6 Å². The summed E-state index contributed by atoms with van der Waals surface area (Å²) in [5, 5.41) is 3.25. The first-order chi connectivity index (χ1) is 8.20. The minimum absolute atomic E-state index is 0.146. The van der Waals surface area contributed by atoms with Crippen molar-refractivity contribution in [2.45, 2.75) is 20.4 Å². The van der Waals surface area contributed by atoms with Gasteiger partial charge in [-0.1, -0.05) is 13.0 Å². The topological polar surface area (TPSA) is 12.0 Å². The SMILES string of the molecule is CCNCc1ccc(F)c(-c2ccc(C)s2)c1. The van der Waals surface area contributed by atoms with Crippen molar-refractivity contribution >= 4 is 11.3 Å². The first-order valence-corrected chi connectivity index (χ1v) is 6.58. The van der Waals surface area contributed by atoms with Crippen LogP contribution in [0.5, 0.6) is 0 Å². The zero-order valence-electron chi connectivity index (χ0n) is 10.1. The van der Waals surface area contributed by atoms with Gasteiger partial charge >= 0.3 is 0 Å². The molecule has 17 heavy (non-hydrogen) atoms. The van der Waals surface area contributed by atoms with Gasteiger partial charge in [-0.25, -0.2) is 4.39 Å². The van der Waals surface area contributed by atoms with Gasteiger partial charge in [0.2, 0.25) is 0 Å². The van der Waals surface area contributed by atoms with Crippen molar-refractivity contribution in [3.8, 4) is 10.4 Å². The lowest BCUT2D eigenvalue weighted by Crippen LogP contribution is -2.11. The minimum Gasteiger partial charge on any atom is -0.313 e. The second-order valence-corrected chi connectivity index (χ2v) is 5.29. The van der Waals surface area contributed by atoms with Gasteiger partial charge in [0.15, 0.2) is 0 Å². The number of thiophene rings is 1. The van der Waals surface area contributed by atoms with Crippen LogP contribution in [0, 0.1) is 12.7 Å². The van der Waals surface area contributed by atoms with Crippen LogP contribution in [0.2, 0.25) is 0 Å². The van der Waals surface area contributed by atoms with E-state index in [-0.39, 0.29) is 5.82 Å². The Bertz CT molecular complexity index is 505. The van der Waals surface area contributed by atoms with Crippen LogP contribution in [-0.2, 0) is 6.54 Å². The fraction of sp³-hybridized carbons (Fsp3) is 0.286. The summed E-state index contributed by atoms with van der Waals surface area (Å²) in [5.74, 6) is -0.146. The number of nitrogens with one attached hydrogen (secondary N) is 1. The number of aryl methyl sites for hydroxylation is 1. The molecule has 0 aliphatic carbocycles. The van der Waals surface area contributed by atoms with Crippen LogP contribution in [0.4, 0.5) is 4.39 Å². The first-order valence-electron chi connectivity index (χ1n) is 5.76. The quantitative estimate of drug-likeness (QED) is 0.864. The fourth-order valence-electron chi connectivity index (χ4n) is 1.72. The number of rotatable bonds is 4. The maximum atomic E-state index is 13.8. The molecule has 0 radical (unpaired) electrons. The third-order valence-corrected chi connectivity index (χ3v) is 3.65. The van der Waals surface area contributed by atoms with Crippen molar-refractivity contribution in [1.82, 2.24) is 5.32 Å². The molecule has 1 nitrogen and oxygen atoms in total. The highest BCUT2D eigenvalue weighted by molar-refractivity contribution is 7.15. The molecular weight excluding hydrogens is 233 g/mol. The largest absolute Gasteiger partial charge is 0.313 e. The molecule has 0 saturated carbocycles. The molecule has 0 unspecified atom stereocenters. The van der Waals surface area contributed by atoms with Crippen LogP contribution in [0.15, 0.2) is 30.3 Å². The fourth-order valence-corrected chi connectivity index (χ4v) is 2.61. The lowest BCUT2D eigenvalue weighted by molar-refractivity contribution is 0.629.